The number of nitrogens with zero attached hydrogens (tertiary/aromatic N) is 2. The van der Waals surface area contributed by atoms with E-state index in [-0.39, 0.29) is 12.7 Å². The largest absolute Gasteiger partial charge is 0.454 e. The first-order chi connectivity index (χ1) is 14.2. The Morgan fingerprint density at radius 2 is 1.83 bits per heavy atom. The van der Waals surface area contributed by atoms with Gasteiger partial charge in [0.15, 0.2) is 11.5 Å². The first-order valence-corrected chi connectivity index (χ1v) is 10.1. The number of allylic oxidation sites excluding steroid dienone is 2. The molecule has 2 aliphatic rings. The minimum Gasteiger partial charge on any atom is -0.454 e. The van der Waals surface area contributed by atoms with Crippen molar-refractivity contribution in [3.63, 3.8) is 0 Å². The Bertz CT molecular complexity index is 933. The maximum atomic E-state index is 12.4. The van der Waals surface area contributed by atoms with E-state index in [0.29, 0.717) is 0 Å². The average molecular weight is 411 g/mol. The SMILES string of the molecule is O=C(/C=C/C=C/c1ccc2c(c1)OCO2)N1CCN(Cc2cccc(Cl)c2)CC1. The summed E-state index contributed by atoms with van der Waals surface area (Å²) in [5.41, 5.74) is 2.20. The van der Waals surface area contributed by atoms with Crippen LogP contribution in [-0.4, -0.2) is 48.7 Å². The zero-order chi connectivity index (χ0) is 20.1. The molecule has 0 aliphatic carbocycles. The lowest BCUT2D eigenvalue weighted by Crippen LogP contribution is -2.47. The number of hydrogen-bond acceptors (Lipinski definition) is 4. The van der Waals surface area contributed by atoms with E-state index in [9.17, 15) is 4.79 Å². The molecule has 2 aliphatic heterocycles. The fraction of sp³-hybridized carbons (Fsp3) is 0.261. The molecule has 2 aromatic rings. The number of amides is 1. The number of rotatable bonds is 5. The van der Waals surface area contributed by atoms with Crippen molar-refractivity contribution in [3.05, 3.63) is 76.8 Å². The highest BCUT2D eigenvalue weighted by atomic mass is 35.5. The van der Waals surface area contributed by atoms with Gasteiger partial charge in [0, 0.05) is 43.8 Å². The van der Waals surface area contributed by atoms with Crippen LogP contribution in [0, 0.1) is 0 Å². The van der Waals surface area contributed by atoms with Gasteiger partial charge in [-0.2, -0.15) is 0 Å². The monoisotopic (exact) mass is 410 g/mol. The lowest BCUT2D eigenvalue weighted by molar-refractivity contribution is -0.127. The highest BCUT2D eigenvalue weighted by Gasteiger charge is 2.19. The molecule has 0 saturated carbocycles. The lowest BCUT2D eigenvalue weighted by atomic mass is 10.2. The van der Waals surface area contributed by atoms with Gasteiger partial charge in [-0.05, 0) is 35.4 Å². The second-order valence-corrected chi connectivity index (χ2v) is 7.50. The van der Waals surface area contributed by atoms with Crippen LogP contribution in [0.25, 0.3) is 6.08 Å². The van der Waals surface area contributed by atoms with E-state index >= 15 is 0 Å². The highest BCUT2D eigenvalue weighted by molar-refractivity contribution is 6.30. The molecule has 1 saturated heterocycles. The minimum atomic E-state index is 0.0442. The van der Waals surface area contributed by atoms with Gasteiger partial charge in [0.25, 0.3) is 0 Å². The molecule has 4 rings (SSSR count). The molecule has 2 heterocycles. The topological polar surface area (TPSA) is 42.0 Å². The van der Waals surface area contributed by atoms with Crippen molar-refractivity contribution < 1.29 is 14.3 Å². The van der Waals surface area contributed by atoms with Crippen molar-refractivity contribution in [1.29, 1.82) is 0 Å². The molecule has 0 radical (unpaired) electrons. The number of fused-ring (bicyclic) bond motifs is 1. The van der Waals surface area contributed by atoms with Gasteiger partial charge in [-0.1, -0.05) is 48.0 Å². The van der Waals surface area contributed by atoms with Crippen LogP contribution in [0.4, 0.5) is 0 Å². The van der Waals surface area contributed by atoms with Crippen molar-refractivity contribution in [3.8, 4) is 11.5 Å². The molecule has 0 aromatic heterocycles. The van der Waals surface area contributed by atoms with Gasteiger partial charge in [-0.25, -0.2) is 0 Å². The zero-order valence-corrected chi connectivity index (χ0v) is 16.8. The molecule has 150 valence electrons. The second kappa shape index (κ2) is 9.16. The van der Waals surface area contributed by atoms with Crippen LogP contribution in [0.1, 0.15) is 11.1 Å². The summed E-state index contributed by atoms with van der Waals surface area (Å²) in [4.78, 5) is 16.6. The molecule has 0 unspecified atom stereocenters. The molecule has 0 N–H and O–H groups in total. The summed E-state index contributed by atoms with van der Waals surface area (Å²) in [6.45, 7) is 4.31. The summed E-state index contributed by atoms with van der Waals surface area (Å²) in [7, 11) is 0. The van der Waals surface area contributed by atoms with Crippen LogP contribution in [0.5, 0.6) is 11.5 Å². The van der Waals surface area contributed by atoms with Crippen LogP contribution in [0.2, 0.25) is 5.02 Å². The summed E-state index contributed by atoms with van der Waals surface area (Å²) >= 11 is 6.06. The number of halogens is 1. The number of piperazine rings is 1. The Hall–Kier alpha value is -2.76. The molecular weight excluding hydrogens is 388 g/mol. The maximum Gasteiger partial charge on any atom is 0.246 e. The molecule has 1 fully saturated rings. The molecule has 0 spiro atoms. The van der Waals surface area contributed by atoms with Crippen molar-refractivity contribution in [2.24, 2.45) is 0 Å². The molecule has 5 nitrogen and oxygen atoms in total. The molecule has 6 heteroatoms. The number of hydrogen-bond donors (Lipinski definition) is 0. The van der Waals surface area contributed by atoms with Crippen molar-refractivity contribution in [1.82, 2.24) is 9.80 Å². The van der Waals surface area contributed by atoms with Crippen molar-refractivity contribution in [2.45, 2.75) is 6.54 Å². The number of benzene rings is 2. The normalized spacial score (nSPS) is 16.8. The Morgan fingerprint density at radius 3 is 2.66 bits per heavy atom. The molecule has 0 bridgehead atoms. The molecule has 29 heavy (non-hydrogen) atoms. The standard InChI is InChI=1S/C23H23ClN2O3/c24-20-6-3-5-19(14-20)16-25-10-12-26(13-11-25)23(27)7-2-1-4-18-8-9-21-22(15-18)29-17-28-21/h1-9,14-15H,10-13,16-17H2/b4-1+,7-2+. The van der Waals surface area contributed by atoms with Gasteiger partial charge in [0.1, 0.15) is 0 Å². The van der Waals surface area contributed by atoms with E-state index in [1.807, 2.05) is 53.5 Å². The first-order valence-electron chi connectivity index (χ1n) is 9.67. The lowest BCUT2D eigenvalue weighted by Gasteiger charge is -2.34. The average Bonchev–Trinajstić information content (AvgIpc) is 3.19. The summed E-state index contributed by atoms with van der Waals surface area (Å²) in [6, 6.07) is 13.7. The first kappa shape index (κ1) is 19.6. The predicted molar refractivity (Wildman–Crippen MR) is 114 cm³/mol. The van der Waals surface area contributed by atoms with E-state index in [0.717, 1.165) is 54.8 Å². The van der Waals surface area contributed by atoms with E-state index in [4.69, 9.17) is 21.1 Å². The number of ether oxygens (including phenoxy) is 2. The van der Waals surface area contributed by atoms with Crippen LogP contribution in [-0.2, 0) is 11.3 Å². The van der Waals surface area contributed by atoms with Crippen LogP contribution in [0.15, 0.2) is 60.7 Å². The van der Waals surface area contributed by atoms with Crippen molar-refractivity contribution >= 4 is 23.6 Å². The third-order valence-electron chi connectivity index (χ3n) is 5.01. The van der Waals surface area contributed by atoms with Crippen LogP contribution < -0.4 is 9.47 Å². The Labute approximate surface area is 175 Å². The van der Waals surface area contributed by atoms with Gasteiger partial charge >= 0.3 is 0 Å². The van der Waals surface area contributed by atoms with Gasteiger partial charge in [0.05, 0.1) is 0 Å². The van der Waals surface area contributed by atoms with Gasteiger partial charge in [-0.15, -0.1) is 0 Å². The summed E-state index contributed by atoms with van der Waals surface area (Å²) in [5.74, 6) is 1.56. The quantitative estimate of drug-likeness (QED) is 0.552. The number of carbonyl (C=O) groups excluding carboxylic acids is 1. The molecule has 0 atom stereocenters. The van der Waals surface area contributed by atoms with E-state index in [2.05, 4.69) is 11.0 Å². The molecule has 1 amide bonds. The highest BCUT2D eigenvalue weighted by Crippen LogP contribution is 2.32. The second-order valence-electron chi connectivity index (χ2n) is 7.06. The summed E-state index contributed by atoms with van der Waals surface area (Å²) in [5, 5.41) is 0.759. The van der Waals surface area contributed by atoms with Gasteiger partial charge < -0.3 is 14.4 Å². The van der Waals surface area contributed by atoms with Gasteiger partial charge in [0.2, 0.25) is 12.7 Å². The van der Waals surface area contributed by atoms with Crippen molar-refractivity contribution in [2.75, 3.05) is 33.0 Å². The maximum absolute atomic E-state index is 12.4. The minimum absolute atomic E-state index is 0.0442. The molecular formula is C23H23ClN2O3. The Morgan fingerprint density at radius 1 is 1.00 bits per heavy atom. The van der Waals surface area contributed by atoms with E-state index < -0.39 is 0 Å². The third-order valence-corrected chi connectivity index (χ3v) is 5.25. The van der Waals surface area contributed by atoms with Crippen LogP contribution in [0.3, 0.4) is 0 Å². The van der Waals surface area contributed by atoms with E-state index in [1.54, 1.807) is 12.2 Å². The van der Waals surface area contributed by atoms with Gasteiger partial charge in [-0.3, -0.25) is 9.69 Å². The molecule has 2 aromatic carbocycles. The summed E-state index contributed by atoms with van der Waals surface area (Å²) < 4.78 is 10.7. The fourth-order valence-electron chi connectivity index (χ4n) is 3.45. The smallest absolute Gasteiger partial charge is 0.246 e. The van der Waals surface area contributed by atoms with Crippen LogP contribution >= 0.6 is 11.6 Å². The van der Waals surface area contributed by atoms with E-state index in [1.165, 1.54) is 5.56 Å². The zero-order valence-electron chi connectivity index (χ0n) is 16.1. The third kappa shape index (κ3) is 5.19. The Kier molecular flexibility index (Phi) is 6.17. The fourth-order valence-corrected chi connectivity index (χ4v) is 3.66. The summed E-state index contributed by atoms with van der Waals surface area (Å²) in [6.07, 6.45) is 7.21. The number of carbonyl (C=O) groups is 1. The predicted octanol–water partition coefficient (Wildman–Crippen LogP) is 3.98. The Balaban J connectivity index is 1.24.